The summed E-state index contributed by atoms with van der Waals surface area (Å²) in [5, 5.41) is 7.40. The lowest BCUT2D eigenvalue weighted by atomic mass is 9.75. The maximum atomic E-state index is 6.45. The van der Waals surface area contributed by atoms with E-state index in [1.54, 1.807) is 0 Å². The van der Waals surface area contributed by atoms with Crippen LogP contribution in [-0.2, 0) is 9.31 Å². The molecule has 1 fully saturated rings. The minimum atomic E-state index is -0.403. The van der Waals surface area contributed by atoms with Gasteiger partial charge in [-0.3, -0.25) is 0 Å². The second-order valence-electron chi connectivity index (χ2n) is 11.6. The molecule has 1 heterocycles. The van der Waals surface area contributed by atoms with Crippen LogP contribution in [0, 0.1) is 0 Å². The van der Waals surface area contributed by atoms with Crippen LogP contribution in [-0.4, -0.2) is 18.3 Å². The second-order valence-corrected chi connectivity index (χ2v) is 11.6. The lowest BCUT2D eigenvalue weighted by Crippen LogP contribution is -2.41. The van der Waals surface area contributed by atoms with Gasteiger partial charge in [-0.25, -0.2) is 0 Å². The molecule has 2 nitrogen and oxygen atoms in total. The zero-order chi connectivity index (χ0) is 26.8. The standard InChI is InChI=1S/C36H31BO2/c1-35(2)36(3,4)39-37(38-35)34-23-22-32(31-15-7-8-16-33(31)34)30-21-11-19-28-27(18-10-20-29(28)30)26-17-9-13-24-12-5-6-14-25(24)26/h5-23H,1-4H3. The summed E-state index contributed by atoms with van der Waals surface area (Å²) in [5.74, 6) is 0. The number of hydrogen-bond donors (Lipinski definition) is 0. The van der Waals surface area contributed by atoms with Crippen molar-refractivity contribution in [2.75, 3.05) is 0 Å². The first-order chi connectivity index (χ1) is 18.8. The van der Waals surface area contributed by atoms with Gasteiger partial charge in [0.25, 0.3) is 0 Å². The molecule has 1 saturated heterocycles. The lowest BCUT2D eigenvalue weighted by molar-refractivity contribution is 0.00578. The van der Waals surface area contributed by atoms with E-state index < -0.39 is 7.12 Å². The topological polar surface area (TPSA) is 18.5 Å². The number of rotatable bonds is 3. The van der Waals surface area contributed by atoms with Crippen molar-refractivity contribution in [3.8, 4) is 22.3 Å². The molecule has 0 saturated carbocycles. The van der Waals surface area contributed by atoms with Crippen LogP contribution < -0.4 is 5.46 Å². The highest BCUT2D eigenvalue weighted by Crippen LogP contribution is 2.41. The Labute approximate surface area is 230 Å². The molecule has 0 atom stereocenters. The van der Waals surface area contributed by atoms with Crippen LogP contribution >= 0.6 is 0 Å². The molecule has 0 aliphatic carbocycles. The molecule has 3 heteroatoms. The average Bonchev–Trinajstić information content (AvgIpc) is 3.17. The molecule has 39 heavy (non-hydrogen) atoms. The van der Waals surface area contributed by atoms with Crippen LogP contribution in [0.3, 0.4) is 0 Å². The summed E-state index contributed by atoms with van der Waals surface area (Å²) < 4.78 is 12.9. The second kappa shape index (κ2) is 8.81. The van der Waals surface area contributed by atoms with E-state index in [0.717, 1.165) is 10.8 Å². The predicted molar refractivity (Wildman–Crippen MR) is 166 cm³/mol. The van der Waals surface area contributed by atoms with E-state index in [0.29, 0.717) is 0 Å². The Hall–Kier alpha value is -3.92. The molecule has 0 aromatic heterocycles. The van der Waals surface area contributed by atoms with E-state index in [1.807, 2.05) is 0 Å². The minimum absolute atomic E-state index is 0.384. The van der Waals surface area contributed by atoms with Crippen LogP contribution in [0.2, 0.25) is 0 Å². The fourth-order valence-electron chi connectivity index (χ4n) is 5.97. The van der Waals surface area contributed by atoms with Crippen LogP contribution in [0.25, 0.3) is 54.6 Å². The van der Waals surface area contributed by atoms with Gasteiger partial charge in [0.2, 0.25) is 0 Å². The third kappa shape index (κ3) is 3.80. The Kier molecular flexibility index (Phi) is 5.45. The highest BCUT2D eigenvalue weighted by Gasteiger charge is 2.52. The molecule has 1 aliphatic rings. The van der Waals surface area contributed by atoms with E-state index in [4.69, 9.17) is 9.31 Å². The molecule has 0 amide bonds. The zero-order valence-corrected chi connectivity index (χ0v) is 22.9. The first kappa shape index (κ1) is 24.1. The van der Waals surface area contributed by atoms with Crippen LogP contribution in [0.1, 0.15) is 27.7 Å². The van der Waals surface area contributed by atoms with Crippen molar-refractivity contribution in [2.24, 2.45) is 0 Å². The van der Waals surface area contributed by atoms with Crippen molar-refractivity contribution in [1.82, 2.24) is 0 Å². The van der Waals surface area contributed by atoms with Crippen molar-refractivity contribution in [3.05, 3.63) is 115 Å². The highest BCUT2D eigenvalue weighted by molar-refractivity contribution is 6.65. The Morgan fingerprint density at radius 3 is 1.46 bits per heavy atom. The van der Waals surface area contributed by atoms with Gasteiger partial charge in [0, 0.05) is 0 Å². The lowest BCUT2D eigenvalue weighted by Gasteiger charge is -2.32. The summed E-state index contributed by atoms with van der Waals surface area (Å²) in [4.78, 5) is 0. The molecule has 0 spiro atoms. The van der Waals surface area contributed by atoms with Crippen molar-refractivity contribution < 1.29 is 9.31 Å². The monoisotopic (exact) mass is 506 g/mol. The van der Waals surface area contributed by atoms with Gasteiger partial charge in [-0.2, -0.15) is 0 Å². The molecule has 7 rings (SSSR count). The molecule has 0 bridgehead atoms. The van der Waals surface area contributed by atoms with Crippen molar-refractivity contribution in [3.63, 3.8) is 0 Å². The largest absolute Gasteiger partial charge is 0.495 e. The van der Waals surface area contributed by atoms with Gasteiger partial charge in [0.15, 0.2) is 0 Å². The fourth-order valence-corrected chi connectivity index (χ4v) is 5.97. The Balaban J connectivity index is 1.42. The predicted octanol–water partition coefficient (Wildman–Crippen LogP) is 8.78. The van der Waals surface area contributed by atoms with Gasteiger partial charge < -0.3 is 9.31 Å². The van der Waals surface area contributed by atoms with E-state index in [2.05, 4.69) is 143 Å². The quantitative estimate of drug-likeness (QED) is 0.223. The van der Waals surface area contributed by atoms with Gasteiger partial charge >= 0.3 is 7.12 Å². The molecule has 0 N–H and O–H groups in total. The van der Waals surface area contributed by atoms with Gasteiger partial charge in [0.05, 0.1) is 11.2 Å². The van der Waals surface area contributed by atoms with Crippen LogP contribution in [0.4, 0.5) is 0 Å². The van der Waals surface area contributed by atoms with Gasteiger partial charge in [-0.15, -0.1) is 0 Å². The third-order valence-corrected chi connectivity index (χ3v) is 8.76. The van der Waals surface area contributed by atoms with E-state index >= 15 is 0 Å². The Morgan fingerprint density at radius 2 is 0.821 bits per heavy atom. The van der Waals surface area contributed by atoms with Crippen LogP contribution in [0.15, 0.2) is 115 Å². The average molecular weight is 506 g/mol. The normalized spacial score (nSPS) is 16.4. The summed E-state index contributed by atoms with van der Waals surface area (Å²) in [6, 6.07) is 41.6. The van der Waals surface area contributed by atoms with Crippen molar-refractivity contribution >= 4 is 44.9 Å². The summed E-state index contributed by atoms with van der Waals surface area (Å²) in [5.41, 5.74) is 5.26. The molecule has 1 aliphatic heterocycles. The van der Waals surface area contributed by atoms with Crippen LogP contribution in [0.5, 0.6) is 0 Å². The summed E-state index contributed by atoms with van der Waals surface area (Å²) in [6.45, 7) is 8.42. The van der Waals surface area contributed by atoms with Gasteiger partial charge in [0.1, 0.15) is 0 Å². The molecule has 6 aromatic rings. The molecular weight excluding hydrogens is 475 g/mol. The molecular formula is C36H31BO2. The highest BCUT2D eigenvalue weighted by atomic mass is 16.7. The Bertz CT molecular complexity index is 1860. The maximum Gasteiger partial charge on any atom is 0.495 e. The number of hydrogen-bond acceptors (Lipinski definition) is 2. The number of fused-ring (bicyclic) bond motifs is 3. The summed E-state index contributed by atoms with van der Waals surface area (Å²) >= 11 is 0. The SMILES string of the molecule is CC1(C)OB(c2ccc(-c3cccc4c(-c5cccc6ccccc56)cccc34)c3ccccc23)OC1(C)C. The first-order valence-electron chi connectivity index (χ1n) is 13.7. The molecule has 0 unspecified atom stereocenters. The van der Waals surface area contributed by atoms with Gasteiger partial charge in [-0.05, 0) is 87.7 Å². The van der Waals surface area contributed by atoms with Crippen molar-refractivity contribution in [2.45, 2.75) is 38.9 Å². The Morgan fingerprint density at radius 1 is 0.410 bits per heavy atom. The maximum absolute atomic E-state index is 6.45. The zero-order valence-electron chi connectivity index (χ0n) is 22.9. The first-order valence-corrected chi connectivity index (χ1v) is 13.7. The minimum Gasteiger partial charge on any atom is -0.399 e. The van der Waals surface area contributed by atoms with E-state index in [-0.39, 0.29) is 11.2 Å². The van der Waals surface area contributed by atoms with E-state index in [9.17, 15) is 0 Å². The summed E-state index contributed by atoms with van der Waals surface area (Å²) in [7, 11) is -0.403. The molecule has 0 radical (unpaired) electrons. The molecule has 190 valence electrons. The van der Waals surface area contributed by atoms with E-state index in [1.165, 1.54) is 49.2 Å². The third-order valence-electron chi connectivity index (χ3n) is 8.76. The smallest absolute Gasteiger partial charge is 0.399 e. The van der Waals surface area contributed by atoms with Gasteiger partial charge in [-0.1, -0.05) is 115 Å². The molecule has 6 aromatic carbocycles. The van der Waals surface area contributed by atoms with Crippen molar-refractivity contribution in [1.29, 1.82) is 0 Å². The fraction of sp³-hybridized carbons (Fsp3) is 0.167. The number of benzene rings is 6. The summed E-state index contributed by atoms with van der Waals surface area (Å²) in [6.07, 6.45) is 0.